The van der Waals surface area contributed by atoms with Crippen LogP contribution in [0.4, 0.5) is 0 Å². The Balaban J connectivity index is 2.65. The molecule has 0 heterocycles. The second kappa shape index (κ2) is 9.07. The highest BCUT2D eigenvalue weighted by Crippen LogP contribution is 2.37. The van der Waals surface area contributed by atoms with Gasteiger partial charge in [0.15, 0.2) is 0 Å². The van der Waals surface area contributed by atoms with Gasteiger partial charge >= 0.3 is 0 Å². The molecule has 2 aromatic rings. The number of hydrogen-bond donors (Lipinski definition) is 2. The molecular formula is C26H36O2. The largest absolute Gasteiger partial charge is 0.392 e. The van der Waals surface area contributed by atoms with Crippen LogP contribution in [0.25, 0.3) is 5.57 Å². The topological polar surface area (TPSA) is 40.5 Å². The summed E-state index contributed by atoms with van der Waals surface area (Å²) < 4.78 is 0. The van der Waals surface area contributed by atoms with E-state index < -0.39 is 12.2 Å². The minimum Gasteiger partial charge on any atom is -0.392 e. The van der Waals surface area contributed by atoms with Crippen LogP contribution in [0.1, 0.15) is 65.5 Å². The SMILES string of the molecule is CC(C)(C)C(O)CC(CC(O)C(C)(C)C)=C(c1ccccc1)c1ccccc1. The lowest BCUT2D eigenvalue weighted by molar-refractivity contribution is 0.0477. The predicted molar refractivity (Wildman–Crippen MR) is 119 cm³/mol. The molecule has 0 aliphatic rings. The average Bonchev–Trinajstić information content (AvgIpc) is 2.62. The van der Waals surface area contributed by atoms with Gasteiger partial charge in [-0.1, -0.05) is 108 Å². The number of hydrogen-bond acceptors (Lipinski definition) is 2. The Kier molecular flexibility index (Phi) is 7.25. The molecule has 0 spiro atoms. The fourth-order valence-corrected chi connectivity index (χ4v) is 3.15. The maximum absolute atomic E-state index is 10.9. The summed E-state index contributed by atoms with van der Waals surface area (Å²) in [6.07, 6.45) is 0.0973. The smallest absolute Gasteiger partial charge is 0.0625 e. The Morgan fingerprint density at radius 2 is 0.964 bits per heavy atom. The van der Waals surface area contributed by atoms with Crippen molar-refractivity contribution in [1.82, 2.24) is 0 Å². The van der Waals surface area contributed by atoms with Gasteiger partial charge in [-0.3, -0.25) is 0 Å². The van der Waals surface area contributed by atoms with Crippen molar-refractivity contribution in [3.8, 4) is 0 Å². The standard InChI is InChI=1S/C26H36O2/c1-25(2,3)22(27)17-21(18-23(28)26(4,5)6)24(19-13-9-7-10-14-19)20-15-11-8-12-16-20/h7-16,22-23,27-28H,17-18H2,1-6H3. The molecule has 0 amide bonds. The molecule has 0 bridgehead atoms. The molecule has 28 heavy (non-hydrogen) atoms. The molecule has 2 nitrogen and oxygen atoms in total. The lowest BCUT2D eigenvalue weighted by Crippen LogP contribution is -2.30. The van der Waals surface area contributed by atoms with E-state index in [0.29, 0.717) is 12.8 Å². The van der Waals surface area contributed by atoms with Gasteiger partial charge in [0.1, 0.15) is 0 Å². The Hall–Kier alpha value is -1.90. The molecule has 0 aliphatic heterocycles. The average molecular weight is 381 g/mol. The second-order valence-corrected chi connectivity index (χ2v) is 9.88. The van der Waals surface area contributed by atoms with Crippen LogP contribution in [-0.4, -0.2) is 22.4 Å². The monoisotopic (exact) mass is 380 g/mol. The van der Waals surface area contributed by atoms with Crippen molar-refractivity contribution in [2.45, 2.75) is 66.6 Å². The normalized spacial score (nSPS) is 14.4. The molecular weight excluding hydrogens is 344 g/mol. The van der Waals surface area contributed by atoms with Crippen molar-refractivity contribution in [3.05, 3.63) is 77.4 Å². The van der Waals surface area contributed by atoms with Crippen molar-refractivity contribution in [3.63, 3.8) is 0 Å². The van der Waals surface area contributed by atoms with Crippen LogP contribution in [0.3, 0.4) is 0 Å². The molecule has 2 atom stereocenters. The van der Waals surface area contributed by atoms with E-state index in [4.69, 9.17) is 0 Å². The zero-order valence-electron chi connectivity index (χ0n) is 18.2. The lowest BCUT2D eigenvalue weighted by Gasteiger charge is -2.32. The minimum absolute atomic E-state index is 0.226. The van der Waals surface area contributed by atoms with E-state index in [2.05, 4.69) is 65.8 Å². The lowest BCUT2D eigenvalue weighted by atomic mass is 9.78. The Morgan fingerprint density at radius 3 is 1.25 bits per heavy atom. The third-order valence-electron chi connectivity index (χ3n) is 5.36. The number of rotatable bonds is 6. The first kappa shape index (κ1) is 22.4. The van der Waals surface area contributed by atoms with Crippen LogP contribution in [0, 0.1) is 10.8 Å². The van der Waals surface area contributed by atoms with Gasteiger partial charge in [-0.2, -0.15) is 0 Å². The number of aliphatic hydroxyl groups is 2. The minimum atomic E-state index is -0.489. The van der Waals surface area contributed by atoms with Gasteiger partial charge in [0.2, 0.25) is 0 Å². The number of aliphatic hydroxyl groups excluding tert-OH is 2. The van der Waals surface area contributed by atoms with E-state index >= 15 is 0 Å². The summed E-state index contributed by atoms with van der Waals surface area (Å²) in [6.45, 7) is 12.3. The van der Waals surface area contributed by atoms with Crippen molar-refractivity contribution in [2.75, 3.05) is 0 Å². The van der Waals surface area contributed by atoms with Crippen molar-refractivity contribution in [2.24, 2.45) is 10.8 Å². The van der Waals surface area contributed by atoms with Crippen LogP contribution in [0.2, 0.25) is 0 Å². The highest BCUT2D eigenvalue weighted by Gasteiger charge is 2.29. The van der Waals surface area contributed by atoms with E-state index in [1.165, 1.54) is 0 Å². The van der Waals surface area contributed by atoms with Gasteiger partial charge in [0.05, 0.1) is 12.2 Å². The molecule has 0 aromatic heterocycles. The summed E-state index contributed by atoms with van der Waals surface area (Å²) in [6, 6.07) is 20.6. The van der Waals surface area contributed by atoms with Gasteiger partial charge < -0.3 is 10.2 Å². The molecule has 2 N–H and O–H groups in total. The van der Waals surface area contributed by atoms with E-state index in [9.17, 15) is 10.2 Å². The second-order valence-electron chi connectivity index (χ2n) is 9.88. The predicted octanol–water partition coefficient (Wildman–Crippen LogP) is 6.08. The highest BCUT2D eigenvalue weighted by molar-refractivity contribution is 5.82. The van der Waals surface area contributed by atoms with Crippen molar-refractivity contribution in [1.29, 1.82) is 0 Å². The Morgan fingerprint density at radius 1 is 0.643 bits per heavy atom. The summed E-state index contributed by atoms with van der Waals surface area (Å²) in [7, 11) is 0. The molecule has 2 heteroatoms. The molecule has 0 fully saturated rings. The maximum Gasteiger partial charge on any atom is 0.0625 e. The van der Waals surface area contributed by atoms with Gasteiger partial charge in [0.25, 0.3) is 0 Å². The molecule has 2 unspecified atom stereocenters. The van der Waals surface area contributed by atoms with Crippen LogP contribution < -0.4 is 0 Å². The quantitative estimate of drug-likeness (QED) is 0.637. The molecule has 2 aromatic carbocycles. The summed E-state index contributed by atoms with van der Waals surface area (Å²) in [5.41, 5.74) is 4.00. The molecule has 2 rings (SSSR count). The first-order valence-corrected chi connectivity index (χ1v) is 10.2. The van der Waals surface area contributed by atoms with Crippen LogP contribution in [-0.2, 0) is 0 Å². The fraction of sp³-hybridized carbons (Fsp3) is 0.462. The van der Waals surface area contributed by atoms with Crippen LogP contribution >= 0.6 is 0 Å². The van der Waals surface area contributed by atoms with E-state index in [-0.39, 0.29) is 10.8 Å². The van der Waals surface area contributed by atoms with Crippen molar-refractivity contribution >= 4 is 5.57 Å². The van der Waals surface area contributed by atoms with Crippen LogP contribution in [0.5, 0.6) is 0 Å². The van der Waals surface area contributed by atoms with E-state index in [1.807, 2.05) is 36.4 Å². The summed E-state index contributed by atoms with van der Waals surface area (Å²) in [4.78, 5) is 0. The molecule has 152 valence electrons. The zero-order valence-corrected chi connectivity index (χ0v) is 18.2. The van der Waals surface area contributed by atoms with Crippen molar-refractivity contribution < 1.29 is 10.2 Å². The Bertz CT molecular complexity index is 696. The van der Waals surface area contributed by atoms with Gasteiger partial charge in [-0.15, -0.1) is 0 Å². The van der Waals surface area contributed by atoms with E-state index in [0.717, 1.165) is 22.3 Å². The van der Waals surface area contributed by atoms with Crippen LogP contribution in [0.15, 0.2) is 66.2 Å². The summed E-state index contributed by atoms with van der Waals surface area (Å²) in [5.74, 6) is 0. The highest BCUT2D eigenvalue weighted by atomic mass is 16.3. The Labute approximate surface area is 170 Å². The first-order chi connectivity index (χ1) is 13.0. The van der Waals surface area contributed by atoms with Gasteiger partial charge in [0, 0.05) is 0 Å². The first-order valence-electron chi connectivity index (χ1n) is 10.2. The molecule has 0 aliphatic carbocycles. The van der Waals surface area contributed by atoms with Gasteiger partial charge in [-0.25, -0.2) is 0 Å². The molecule has 0 saturated heterocycles. The molecule has 0 saturated carbocycles. The third-order valence-corrected chi connectivity index (χ3v) is 5.36. The summed E-state index contributed by atoms with van der Waals surface area (Å²) >= 11 is 0. The zero-order chi connectivity index (χ0) is 20.9. The van der Waals surface area contributed by atoms with E-state index in [1.54, 1.807) is 0 Å². The summed E-state index contributed by atoms with van der Waals surface area (Å²) in [5, 5.41) is 21.8. The fourth-order valence-electron chi connectivity index (χ4n) is 3.15. The third kappa shape index (κ3) is 6.05. The van der Waals surface area contributed by atoms with Gasteiger partial charge in [-0.05, 0) is 40.4 Å². The molecule has 0 radical (unpaired) electrons. The number of benzene rings is 2. The maximum atomic E-state index is 10.9.